The fourth-order valence-corrected chi connectivity index (χ4v) is 7.95. The number of carbonyl (C=O) groups is 2. The largest absolute Gasteiger partial charge is 0.345 e. The molecule has 1 saturated heterocycles. The Morgan fingerprint density at radius 2 is 2.05 bits per heavy atom. The molecule has 1 aromatic carbocycles. The third kappa shape index (κ3) is 4.06. The van der Waals surface area contributed by atoms with Gasteiger partial charge in [0.25, 0.3) is 5.91 Å². The summed E-state index contributed by atoms with van der Waals surface area (Å²) in [6, 6.07) is 7.59. The summed E-state index contributed by atoms with van der Waals surface area (Å²) in [7, 11) is 0. The van der Waals surface area contributed by atoms with Crippen molar-refractivity contribution in [2.45, 2.75) is 76.3 Å². The predicted molar refractivity (Wildman–Crippen MR) is 153 cm³/mol. The first kappa shape index (κ1) is 26.1. The zero-order valence-electron chi connectivity index (χ0n) is 23.4. The van der Waals surface area contributed by atoms with Crippen molar-refractivity contribution in [1.82, 2.24) is 25.3 Å². The summed E-state index contributed by atoms with van der Waals surface area (Å²) in [5.74, 6) is 1.37. The van der Waals surface area contributed by atoms with Crippen molar-refractivity contribution >= 4 is 29.2 Å². The van der Waals surface area contributed by atoms with Crippen molar-refractivity contribution in [2.75, 3.05) is 11.4 Å². The van der Waals surface area contributed by atoms with E-state index < -0.39 is 0 Å². The molecule has 3 heterocycles. The first-order valence-electron chi connectivity index (χ1n) is 14.4. The van der Waals surface area contributed by atoms with Crippen LogP contribution in [-0.2, 0) is 10.2 Å². The van der Waals surface area contributed by atoms with E-state index >= 15 is 0 Å². The molecule has 3 atom stereocenters. The van der Waals surface area contributed by atoms with Crippen LogP contribution in [0.5, 0.6) is 0 Å². The Hall–Kier alpha value is -3.77. The number of halogens is 1. The maximum atomic E-state index is 13.4. The highest BCUT2D eigenvalue weighted by atomic mass is 35.5. The number of nitrogens with zero attached hydrogens (tertiary/aromatic N) is 6. The molecule has 3 aromatic rings. The Kier molecular flexibility index (Phi) is 5.81. The molecule has 2 amide bonds. The lowest BCUT2D eigenvalue weighted by Crippen LogP contribution is -2.66. The molecule has 10 heteroatoms. The zero-order valence-corrected chi connectivity index (χ0v) is 24.2. The summed E-state index contributed by atoms with van der Waals surface area (Å²) in [6.07, 6.45) is 8.92. The van der Waals surface area contributed by atoms with Crippen LogP contribution in [0.4, 0.5) is 5.82 Å². The van der Waals surface area contributed by atoms with E-state index in [1.165, 1.54) is 0 Å². The number of nitrogens with one attached hydrogen (secondary N) is 1. The van der Waals surface area contributed by atoms with Crippen molar-refractivity contribution in [2.24, 2.45) is 11.8 Å². The monoisotopic (exact) mass is 569 g/mol. The van der Waals surface area contributed by atoms with Crippen LogP contribution in [-0.4, -0.2) is 43.9 Å². The fraction of sp³-hybridized carbons (Fsp3) is 0.484. The van der Waals surface area contributed by atoms with Gasteiger partial charge in [-0.15, -0.1) is 5.10 Å². The number of hydrogen-bond acceptors (Lipinski definition) is 6. The van der Waals surface area contributed by atoms with Gasteiger partial charge in [0.1, 0.15) is 5.82 Å². The lowest BCUT2D eigenvalue weighted by Gasteiger charge is -2.61. The molecule has 5 aliphatic rings. The third-order valence-corrected chi connectivity index (χ3v) is 10.4. The number of piperidine rings is 1. The van der Waals surface area contributed by atoms with Crippen LogP contribution in [0.2, 0.25) is 5.02 Å². The number of amides is 2. The van der Waals surface area contributed by atoms with E-state index in [0.717, 1.165) is 73.1 Å². The van der Waals surface area contributed by atoms with Gasteiger partial charge in [0, 0.05) is 34.6 Å². The van der Waals surface area contributed by atoms with Gasteiger partial charge in [0.15, 0.2) is 5.69 Å². The van der Waals surface area contributed by atoms with Crippen LogP contribution in [0.1, 0.15) is 89.8 Å². The van der Waals surface area contributed by atoms with E-state index in [9.17, 15) is 14.9 Å². The van der Waals surface area contributed by atoms with Gasteiger partial charge < -0.3 is 5.32 Å². The van der Waals surface area contributed by atoms with Crippen LogP contribution in [0, 0.1) is 37.0 Å². The van der Waals surface area contributed by atoms with Gasteiger partial charge in [-0.3, -0.25) is 14.5 Å². The molecule has 0 unspecified atom stereocenters. The van der Waals surface area contributed by atoms with Gasteiger partial charge in [-0.05, 0) is 99.2 Å². The first-order chi connectivity index (χ1) is 19.6. The molecular weight excluding hydrogens is 538 g/mol. The van der Waals surface area contributed by atoms with E-state index in [4.69, 9.17) is 16.6 Å². The SMILES string of the molecule is Cc1c([C@H](C)n2cc(C(=O)NC34CCCC(c5cc(Cl)ccc5C#N)(C3)C4)nn2)cnc(N2C[C@H]3C[C@H]3C2=O)c1C. The van der Waals surface area contributed by atoms with Gasteiger partial charge in [0.2, 0.25) is 5.91 Å². The van der Waals surface area contributed by atoms with Gasteiger partial charge in [-0.2, -0.15) is 5.26 Å². The maximum Gasteiger partial charge on any atom is 0.273 e. The molecule has 0 spiro atoms. The molecule has 2 aromatic heterocycles. The average Bonchev–Trinajstić information content (AvgIpc) is 3.40. The van der Waals surface area contributed by atoms with Crippen molar-refractivity contribution in [1.29, 1.82) is 5.26 Å². The fourth-order valence-electron chi connectivity index (χ4n) is 7.78. The van der Waals surface area contributed by atoms with Crippen molar-refractivity contribution in [3.63, 3.8) is 0 Å². The van der Waals surface area contributed by atoms with Crippen molar-refractivity contribution in [3.8, 4) is 6.07 Å². The van der Waals surface area contributed by atoms with Crippen LogP contribution >= 0.6 is 11.6 Å². The Labute approximate surface area is 243 Å². The molecule has 8 rings (SSSR count). The topological polar surface area (TPSA) is 117 Å². The molecule has 2 bridgehead atoms. The molecule has 5 fully saturated rings. The molecular formula is C31H32ClN7O2. The lowest BCUT2D eigenvalue weighted by atomic mass is 9.47. The number of carbonyl (C=O) groups excluding carboxylic acids is 2. The molecule has 0 radical (unpaired) electrons. The number of aromatic nitrogens is 4. The minimum atomic E-state index is -0.319. The van der Waals surface area contributed by atoms with Gasteiger partial charge in [0.05, 0.1) is 23.9 Å². The van der Waals surface area contributed by atoms with E-state index in [0.29, 0.717) is 16.5 Å². The van der Waals surface area contributed by atoms with Crippen molar-refractivity contribution < 1.29 is 9.59 Å². The smallest absolute Gasteiger partial charge is 0.273 e. The lowest BCUT2D eigenvalue weighted by molar-refractivity contribution is -0.118. The van der Waals surface area contributed by atoms with E-state index in [2.05, 4.69) is 21.7 Å². The van der Waals surface area contributed by atoms with Crippen molar-refractivity contribution in [3.05, 3.63) is 69.1 Å². The van der Waals surface area contributed by atoms with Crippen LogP contribution in [0.25, 0.3) is 0 Å². The van der Waals surface area contributed by atoms with Gasteiger partial charge in [-0.25, -0.2) is 9.67 Å². The second kappa shape index (κ2) is 9.12. The molecule has 41 heavy (non-hydrogen) atoms. The Balaban J connectivity index is 1.06. The second-order valence-corrected chi connectivity index (χ2v) is 13.1. The average molecular weight is 570 g/mol. The van der Waals surface area contributed by atoms with E-state index in [1.807, 2.05) is 37.9 Å². The normalized spacial score (nSPS) is 28.5. The van der Waals surface area contributed by atoms with Crippen LogP contribution < -0.4 is 10.2 Å². The van der Waals surface area contributed by atoms with Gasteiger partial charge >= 0.3 is 0 Å². The minimum absolute atomic E-state index is 0.137. The number of benzene rings is 1. The number of nitriles is 1. The highest BCUT2D eigenvalue weighted by Crippen LogP contribution is 2.60. The number of rotatable bonds is 6. The van der Waals surface area contributed by atoms with E-state index in [-0.39, 0.29) is 40.4 Å². The molecule has 4 saturated carbocycles. The third-order valence-electron chi connectivity index (χ3n) is 10.1. The highest BCUT2D eigenvalue weighted by Gasteiger charge is 2.59. The quantitative estimate of drug-likeness (QED) is 0.456. The number of hydrogen-bond donors (Lipinski definition) is 1. The maximum absolute atomic E-state index is 13.4. The number of fused-ring (bicyclic) bond motifs is 3. The standard InChI is InChI=1S/C31H32ClN7O2/c1-17-18(2)27(38-13-21-9-23(21)29(38)41)34-12-24(17)19(3)39-14-26(36-37-39)28(40)35-31-8-4-7-30(15-31,16-31)25-10-22(32)6-5-20(25)11-33/h5-6,10,12,14,19,21,23H,4,7-9,13,15-16H2,1-3H3,(H,35,40)/t19-,21+,23+,30?,31?/m0/s1. The zero-order chi connectivity index (χ0) is 28.7. The minimum Gasteiger partial charge on any atom is -0.345 e. The summed E-state index contributed by atoms with van der Waals surface area (Å²) < 4.78 is 1.70. The molecule has 1 N–H and O–H groups in total. The predicted octanol–water partition coefficient (Wildman–Crippen LogP) is 4.79. The highest BCUT2D eigenvalue weighted by molar-refractivity contribution is 6.30. The second-order valence-electron chi connectivity index (χ2n) is 12.6. The molecule has 9 nitrogen and oxygen atoms in total. The van der Waals surface area contributed by atoms with Gasteiger partial charge in [-0.1, -0.05) is 23.2 Å². The molecule has 4 aliphatic carbocycles. The van der Waals surface area contributed by atoms with Crippen LogP contribution in [0.15, 0.2) is 30.6 Å². The Morgan fingerprint density at radius 1 is 1.24 bits per heavy atom. The summed E-state index contributed by atoms with van der Waals surface area (Å²) in [4.78, 5) is 32.5. The Morgan fingerprint density at radius 3 is 2.78 bits per heavy atom. The number of pyridine rings is 1. The summed E-state index contributed by atoms with van der Waals surface area (Å²) in [6.45, 7) is 6.82. The summed E-state index contributed by atoms with van der Waals surface area (Å²) in [5.41, 5.74) is 4.49. The van der Waals surface area contributed by atoms with Crippen LogP contribution in [0.3, 0.4) is 0 Å². The first-order valence-corrected chi connectivity index (χ1v) is 14.7. The number of anilines is 1. The summed E-state index contributed by atoms with van der Waals surface area (Å²) >= 11 is 6.30. The Bertz CT molecular complexity index is 1650. The molecule has 210 valence electrons. The van der Waals surface area contributed by atoms with E-state index in [1.54, 1.807) is 23.0 Å². The summed E-state index contributed by atoms with van der Waals surface area (Å²) in [5, 5.41) is 22.1. The molecule has 1 aliphatic heterocycles.